The Balaban J connectivity index is 2.27. The first kappa shape index (κ1) is 16.8. The summed E-state index contributed by atoms with van der Waals surface area (Å²) in [4.78, 5) is 11.4. The van der Waals surface area contributed by atoms with E-state index in [0.29, 0.717) is 5.75 Å². The van der Waals surface area contributed by atoms with E-state index in [1.807, 2.05) is 13.8 Å². The van der Waals surface area contributed by atoms with Gasteiger partial charge in [-0.2, -0.15) is 0 Å². The monoisotopic (exact) mass is 334 g/mol. The zero-order chi connectivity index (χ0) is 17.0. The summed E-state index contributed by atoms with van der Waals surface area (Å²) in [5.74, 6) is -0.125. The van der Waals surface area contributed by atoms with Gasteiger partial charge in [0, 0.05) is 0 Å². The summed E-state index contributed by atoms with van der Waals surface area (Å²) in [5.41, 5.74) is 5.50. The van der Waals surface area contributed by atoms with E-state index < -0.39 is 15.9 Å². The number of hydrogen-bond acceptors (Lipinski definition) is 4. The third-order valence-corrected chi connectivity index (χ3v) is 4.32. The van der Waals surface area contributed by atoms with Crippen molar-refractivity contribution in [3.8, 4) is 5.75 Å². The van der Waals surface area contributed by atoms with Gasteiger partial charge in [0.1, 0.15) is 5.75 Å². The van der Waals surface area contributed by atoms with Crippen LogP contribution in [0.3, 0.4) is 0 Å². The van der Waals surface area contributed by atoms with Crippen molar-refractivity contribution >= 4 is 21.6 Å². The van der Waals surface area contributed by atoms with E-state index in [1.54, 1.807) is 24.3 Å². The normalized spacial score (nSPS) is 11.3. The molecule has 0 fully saturated rings. The number of hydrogen-bond donors (Lipinski definition) is 2. The van der Waals surface area contributed by atoms with E-state index in [0.717, 1.165) is 0 Å². The zero-order valence-corrected chi connectivity index (χ0v) is 13.6. The summed E-state index contributed by atoms with van der Waals surface area (Å²) >= 11 is 0. The van der Waals surface area contributed by atoms with E-state index in [2.05, 4.69) is 4.72 Å². The molecule has 0 heterocycles. The first-order valence-corrected chi connectivity index (χ1v) is 8.46. The minimum atomic E-state index is -3.83. The molecule has 0 aliphatic rings. The second-order valence-electron chi connectivity index (χ2n) is 5.15. The van der Waals surface area contributed by atoms with Crippen LogP contribution in [0, 0.1) is 0 Å². The Kier molecular flexibility index (Phi) is 4.90. The smallest absolute Gasteiger partial charge is 0.261 e. The molecule has 0 radical (unpaired) electrons. The minimum Gasteiger partial charge on any atom is -0.491 e. The summed E-state index contributed by atoms with van der Waals surface area (Å²) in [5, 5.41) is 0. The number of amides is 1. The van der Waals surface area contributed by atoms with Crippen molar-refractivity contribution in [3.05, 3.63) is 54.1 Å². The molecule has 0 saturated carbocycles. The average Bonchev–Trinajstić information content (AvgIpc) is 2.47. The number of sulfonamides is 1. The quantitative estimate of drug-likeness (QED) is 0.847. The Morgan fingerprint density at radius 2 is 1.70 bits per heavy atom. The highest BCUT2D eigenvalue weighted by atomic mass is 32.2. The van der Waals surface area contributed by atoms with Gasteiger partial charge in [-0.3, -0.25) is 9.52 Å². The largest absolute Gasteiger partial charge is 0.491 e. The number of carbonyl (C=O) groups excluding carboxylic acids is 1. The lowest BCUT2D eigenvalue weighted by molar-refractivity contribution is 0.100. The summed E-state index contributed by atoms with van der Waals surface area (Å²) < 4.78 is 32.7. The van der Waals surface area contributed by atoms with Crippen LogP contribution in [0.25, 0.3) is 0 Å². The van der Waals surface area contributed by atoms with Gasteiger partial charge in [0.25, 0.3) is 15.9 Å². The fourth-order valence-electron chi connectivity index (χ4n) is 1.96. The van der Waals surface area contributed by atoms with Crippen molar-refractivity contribution in [1.29, 1.82) is 0 Å². The number of ether oxygens (including phenoxy) is 1. The fourth-order valence-corrected chi connectivity index (χ4v) is 3.04. The maximum absolute atomic E-state index is 12.4. The fraction of sp³-hybridized carbons (Fsp3) is 0.188. The third-order valence-electron chi connectivity index (χ3n) is 2.94. The van der Waals surface area contributed by atoms with E-state index in [4.69, 9.17) is 10.5 Å². The Morgan fingerprint density at radius 3 is 2.26 bits per heavy atom. The van der Waals surface area contributed by atoms with E-state index in [9.17, 15) is 13.2 Å². The Labute approximate surface area is 135 Å². The van der Waals surface area contributed by atoms with Gasteiger partial charge in [-0.05, 0) is 50.2 Å². The zero-order valence-electron chi connectivity index (χ0n) is 12.8. The van der Waals surface area contributed by atoms with Gasteiger partial charge >= 0.3 is 0 Å². The highest BCUT2D eigenvalue weighted by molar-refractivity contribution is 7.92. The van der Waals surface area contributed by atoms with E-state index in [1.165, 1.54) is 24.3 Å². The first-order chi connectivity index (χ1) is 10.8. The molecule has 2 aromatic carbocycles. The van der Waals surface area contributed by atoms with Crippen LogP contribution < -0.4 is 15.2 Å². The van der Waals surface area contributed by atoms with Crippen LogP contribution in [0.15, 0.2) is 53.4 Å². The molecular formula is C16H18N2O4S. The standard InChI is InChI=1S/C16H18N2O4S/c1-11(2)22-12-7-9-13(10-8-12)23(20,21)18-15-6-4-3-5-14(15)16(17)19/h3-11,18H,1-2H3,(H2,17,19). The molecule has 6 nitrogen and oxygen atoms in total. The lowest BCUT2D eigenvalue weighted by Gasteiger charge is -2.12. The molecule has 0 saturated heterocycles. The molecule has 2 rings (SSSR count). The van der Waals surface area contributed by atoms with Gasteiger partial charge in [-0.1, -0.05) is 12.1 Å². The van der Waals surface area contributed by atoms with Crippen molar-refractivity contribution in [1.82, 2.24) is 0 Å². The maximum Gasteiger partial charge on any atom is 0.261 e. The molecule has 0 unspecified atom stereocenters. The first-order valence-electron chi connectivity index (χ1n) is 6.98. The summed E-state index contributed by atoms with van der Waals surface area (Å²) in [6, 6.07) is 12.2. The second-order valence-corrected chi connectivity index (χ2v) is 6.84. The van der Waals surface area contributed by atoms with Crippen LogP contribution in [0.4, 0.5) is 5.69 Å². The predicted molar refractivity (Wildman–Crippen MR) is 88.0 cm³/mol. The van der Waals surface area contributed by atoms with Crippen LogP contribution in [-0.4, -0.2) is 20.4 Å². The molecule has 0 aliphatic heterocycles. The number of benzene rings is 2. The van der Waals surface area contributed by atoms with Crippen molar-refractivity contribution < 1.29 is 17.9 Å². The summed E-state index contributed by atoms with van der Waals surface area (Å²) in [7, 11) is -3.83. The van der Waals surface area contributed by atoms with Crippen LogP contribution >= 0.6 is 0 Å². The number of para-hydroxylation sites is 1. The number of carbonyl (C=O) groups is 1. The Morgan fingerprint density at radius 1 is 1.09 bits per heavy atom. The van der Waals surface area contributed by atoms with Gasteiger partial charge < -0.3 is 10.5 Å². The molecule has 2 aromatic rings. The van der Waals surface area contributed by atoms with E-state index >= 15 is 0 Å². The SMILES string of the molecule is CC(C)Oc1ccc(S(=O)(=O)Nc2ccccc2C(N)=O)cc1. The van der Waals surface area contributed by atoms with Gasteiger partial charge in [0.15, 0.2) is 0 Å². The summed E-state index contributed by atoms with van der Waals surface area (Å²) in [6.45, 7) is 3.76. The van der Waals surface area contributed by atoms with Crippen molar-refractivity contribution in [2.75, 3.05) is 4.72 Å². The third kappa shape index (κ3) is 4.23. The molecule has 7 heteroatoms. The van der Waals surface area contributed by atoms with Crippen LogP contribution in [0.1, 0.15) is 24.2 Å². The Hall–Kier alpha value is -2.54. The van der Waals surface area contributed by atoms with Crippen LogP contribution in [0.2, 0.25) is 0 Å². The Bertz CT molecular complexity index is 799. The van der Waals surface area contributed by atoms with Crippen LogP contribution in [-0.2, 0) is 10.0 Å². The molecular weight excluding hydrogens is 316 g/mol. The molecule has 23 heavy (non-hydrogen) atoms. The van der Waals surface area contributed by atoms with Gasteiger partial charge in [0.05, 0.1) is 22.3 Å². The summed E-state index contributed by atoms with van der Waals surface area (Å²) in [6.07, 6.45) is -0.00183. The number of anilines is 1. The molecule has 3 N–H and O–H groups in total. The van der Waals surface area contributed by atoms with Gasteiger partial charge in [0.2, 0.25) is 0 Å². The highest BCUT2D eigenvalue weighted by Crippen LogP contribution is 2.22. The van der Waals surface area contributed by atoms with Crippen molar-refractivity contribution in [3.63, 3.8) is 0 Å². The molecule has 122 valence electrons. The topological polar surface area (TPSA) is 98.5 Å². The second kappa shape index (κ2) is 6.70. The van der Waals surface area contributed by atoms with Crippen molar-refractivity contribution in [2.24, 2.45) is 5.73 Å². The molecule has 1 amide bonds. The number of rotatable bonds is 6. The van der Waals surface area contributed by atoms with Crippen LogP contribution in [0.5, 0.6) is 5.75 Å². The number of nitrogens with one attached hydrogen (secondary N) is 1. The molecule has 0 atom stereocenters. The lowest BCUT2D eigenvalue weighted by atomic mass is 10.2. The lowest BCUT2D eigenvalue weighted by Crippen LogP contribution is -2.18. The molecule has 0 aromatic heterocycles. The highest BCUT2D eigenvalue weighted by Gasteiger charge is 2.17. The average molecular weight is 334 g/mol. The molecule has 0 aliphatic carbocycles. The van der Waals surface area contributed by atoms with Gasteiger partial charge in [-0.15, -0.1) is 0 Å². The van der Waals surface area contributed by atoms with Gasteiger partial charge in [-0.25, -0.2) is 8.42 Å². The van der Waals surface area contributed by atoms with Crippen molar-refractivity contribution in [2.45, 2.75) is 24.8 Å². The number of primary amides is 1. The predicted octanol–water partition coefficient (Wildman–Crippen LogP) is 2.37. The maximum atomic E-state index is 12.4. The molecule has 0 bridgehead atoms. The van der Waals surface area contributed by atoms with E-state index in [-0.39, 0.29) is 22.3 Å². The minimum absolute atomic E-state index is 0.00183. The molecule has 0 spiro atoms. The number of nitrogens with two attached hydrogens (primary N) is 1.